The Morgan fingerprint density at radius 3 is 1.70 bits per heavy atom. The molecule has 10 rings (SSSR count). The largest absolute Gasteiger partial charge is 0.386 e. The maximum atomic E-state index is 13.4. The number of carbonyl (C=O) groups excluding carboxylic acids is 1. The van der Waals surface area contributed by atoms with E-state index in [1.54, 1.807) is 0 Å². The van der Waals surface area contributed by atoms with Crippen molar-refractivity contribution >= 4 is 28.6 Å². The van der Waals surface area contributed by atoms with Crippen molar-refractivity contribution in [3.05, 3.63) is 69.4 Å². The molecule has 2 aliphatic carbocycles. The fourth-order valence-electron chi connectivity index (χ4n) is 9.28. The first-order valence-corrected chi connectivity index (χ1v) is 20.6. The Kier molecular flexibility index (Phi) is 9.13. The molecule has 6 aliphatic rings. The van der Waals surface area contributed by atoms with E-state index >= 15 is 0 Å². The van der Waals surface area contributed by atoms with Crippen LogP contribution in [0, 0.1) is 39.5 Å². The minimum absolute atomic E-state index is 0.0521. The first-order valence-electron chi connectivity index (χ1n) is 20.6. The van der Waals surface area contributed by atoms with Crippen LogP contribution >= 0.6 is 0 Å². The summed E-state index contributed by atoms with van der Waals surface area (Å²) >= 11 is 0. The molecule has 0 radical (unpaired) electrons. The number of ketones is 1. The van der Waals surface area contributed by atoms with Crippen molar-refractivity contribution in [2.24, 2.45) is 21.8 Å². The SMILES string of the molecule is Cc1noc(C)c1-c1cc2c(c(C(=O)C3CCC(C)(C)O3)c1)N=C(C1CC1)C2.Cc1noc(C)c1-c1cc2c(c(C(O)C3CCC(C)(C)O3)c1)N=C(C1CC1)C2. The van der Waals surface area contributed by atoms with Crippen LogP contribution in [0.25, 0.3) is 22.3 Å². The Morgan fingerprint density at radius 1 is 0.696 bits per heavy atom. The van der Waals surface area contributed by atoms with Crippen molar-refractivity contribution in [2.75, 3.05) is 0 Å². The minimum atomic E-state index is -0.682. The van der Waals surface area contributed by atoms with Gasteiger partial charge >= 0.3 is 0 Å². The maximum absolute atomic E-state index is 13.4. The smallest absolute Gasteiger partial charge is 0.193 e. The van der Waals surface area contributed by atoms with Crippen LogP contribution in [-0.2, 0) is 22.3 Å². The fraction of sp³-hybridized carbons (Fsp3) is 0.543. The Bertz CT molecular complexity index is 2260. The van der Waals surface area contributed by atoms with Crippen molar-refractivity contribution in [1.82, 2.24) is 10.3 Å². The number of aliphatic hydroxyl groups is 1. The molecule has 2 saturated heterocycles. The molecule has 0 amide bonds. The quantitative estimate of drug-likeness (QED) is 0.176. The summed E-state index contributed by atoms with van der Waals surface area (Å²) in [6.07, 6.45) is 8.83. The van der Waals surface area contributed by atoms with Gasteiger partial charge in [0.25, 0.3) is 0 Å². The van der Waals surface area contributed by atoms with Crippen molar-refractivity contribution in [2.45, 2.75) is 149 Å². The van der Waals surface area contributed by atoms with Gasteiger partial charge in [-0.1, -0.05) is 10.3 Å². The van der Waals surface area contributed by atoms with Crippen LogP contribution in [0.3, 0.4) is 0 Å². The number of aliphatic hydroxyl groups excluding tert-OH is 1. The zero-order chi connectivity index (χ0) is 39.3. The summed E-state index contributed by atoms with van der Waals surface area (Å²) in [7, 11) is 0. The van der Waals surface area contributed by atoms with Crippen LogP contribution in [0.4, 0.5) is 11.4 Å². The molecule has 56 heavy (non-hydrogen) atoms. The summed E-state index contributed by atoms with van der Waals surface area (Å²) in [5.74, 6) is 2.85. The number of aryl methyl sites for hydroxylation is 4. The number of aromatic nitrogens is 2. The number of fused-ring (bicyclic) bond motifs is 2. The molecule has 0 spiro atoms. The van der Waals surface area contributed by atoms with Gasteiger partial charge in [-0.15, -0.1) is 0 Å². The van der Waals surface area contributed by atoms with E-state index in [1.807, 2.05) is 47.6 Å². The monoisotopic (exact) mass is 758 g/mol. The summed E-state index contributed by atoms with van der Waals surface area (Å²) in [4.78, 5) is 23.3. The van der Waals surface area contributed by atoms with Crippen molar-refractivity contribution in [3.8, 4) is 22.3 Å². The van der Waals surface area contributed by atoms with E-state index in [-0.39, 0.29) is 29.2 Å². The number of carbonyl (C=O) groups is 1. The fourth-order valence-corrected chi connectivity index (χ4v) is 9.28. The maximum Gasteiger partial charge on any atom is 0.193 e. The summed E-state index contributed by atoms with van der Waals surface area (Å²) in [6, 6.07) is 8.42. The zero-order valence-electron chi connectivity index (χ0n) is 34.0. The average molecular weight is 759 g/mol. The lowest BCUT2D eigenvalue weighted by Crippen LogP contribution is -2.26. The molecule has 2 aromatic heterocycles. The first-order chi connectivity index (χ1) is 26.6. The number of nitrogens with zero attached hydrogens (tertiary/aromatic N) is 4. The second kappa shape index (κ2) is 13.7. The van der Waals surface area contributed by atoms with E-state index < -0.39 is 6.10 Å². The number of Topliss-reactive ketones (excluding diaryl/α,β-unsaturated/α-hetero) is 1. The van der Waals surface area contributed by atoms with Gasteiger partial charge in [0, 0.05) is 46.5 Å². The molecule has 4 aliphatic heterocycles. The molecule has 4 aromatic rings. The van der Waals surface area contributed by atoms with Crippen LogP contribution in [0.5, 0.6) is 0 Å². The predicted molar refractivity (Wildman–Crippen MR) is 216 cm³/mol. The van der Waals surface area contributed by atoms with Crippen LogP contribution in [0.1, 0.15) is 135 Å². The van der Waals surface area contributed by atoms with Crippen molar-refractivity contribution in [1.29, 1.82) is 0 Å². The van der Waals surface area contributed by atoms with E-state index in [1.165, 1.54) is 42.7 Å². The second-order valence-electron chi connectivity index (χ2n) is 18.3. The molecule has 2 saturated carbocycles. The van der Waals surface area contributed by atoms with Crippen LogP contribution in [-0.4, -0.2) is 56.0 Å². The Balaban J connectivity index is 0.000000146. The standard InChI is InChI=1S/C23H28N2O3.C23H26N2O3/c2*1-12-20(13(2)28-25-12)15-9-16-11-18(14-5-6-14)24-21(16)17(10-15)22(26)19-7-8-23(3,4)27-19/h9-10,14,19,22,26H,5-8,11H2,1-4H3;9-10,14,19H,5-8,11H2,1-4H3. The van der Waals surface area contributed by atoms with E-state index in [0.29, 0.717) is 17.4 Å². The van der Waals surface area contributed by atoms with E-state index in [2.05, 4.69) is 42.4 Å². The molecule has 0 bridgehead atoms. The first kappa shape index (κ1) is 37.3. The number of rotatable bonds is 8. The zero-order valence-corrected chi connectivity index (χ0v) is 34.0. The third-order valence-corrected chi connectivity index (χ3v) is 12.6. The molecule has 3 atom stereocenters. The highest BCUT2D eigenvalue weighted by atomic mass is 16.5. The molecular formula is C46H54N4O6. The highest BCUT2D eigenvalue weighted by molar-refractivity contribution is 6.09. The topological polar surface area (TPSA) is 133 Å². The number of hydrogen-bond acceptors (Lipinski definition) is 10. The Morgan fingerprint density at radius 2 is 1.21 bits per heavy atom. The van der Waals surface area contributed by atoms with Gasteiger partial charge in [0.1, 0.15) is 23.7 Å². The van der Waals surface area contributed by atoms with Crippen molar-refractivity contribution < 1.29 is 28.4 Å². The van der Waals surface area contributed by atoms with Gasteiger partial charge in [0.15, 0.2) is 5.78 Å². The number of ether oxygens (including phenoxy) is 2. The normalized spacial score (nSPS) is 23.7. The number of aliphatic imine (C=N–C) groups is 2. The summed E-state index contributed by atoms with van der Waals surface area (Å²) in [5.41, 5.74) is 13.5. The Hall–Kier alpha value is -4.25. The molecule has 4 fully saturated rings. The molecule has 10 nitrogen and oxygen atoms in total. The second-order valence-corrected chi connectivity index (χ2v) is 18.3. The van der Waals surface area contributed by atoms with Gasteiger partial charge in [0.05, 0.1) is 40.1 Å². The predicted octanol–water partition coefficient (Wildman–Crippen LogP) is 10.1. The van der Waals surface area contributed by atoms with Gasteiger partial charge in [0.2, 0.25) is 0 Å². The van der Waals surface area contributed by atoms with Crippen LogP contribution in [0.15, 0.2) is 43.3 Å². The molecule has 1 N–H and O–H groups in total. The summed E-state index contributed by atoms with van der Waals surface area (Å²) in [5, 5.41) is 19.5. The summed E-state index contributed by atoms with van der Waals surface area (Å²) in [6.45, 7) is 16.0. The van der Waals surface area contributed by atoms with Gasteiger partial charge in [-0.3, -0.25) is 14.8 Å². The molecule has 10 heteroatoms. The lowest BCUT2D eigenvalue weighted by Gasteiger charge is -2.24. The highest BCUT2D eigenvalue weighted by Gasteiger charge is 2.41. The molecule has 2 aromatic carbocycles. The van der Waals surface area contributed by atoms with Gasteiger partial charge in [-0.2, -0.15) is 0 Å². The molecule has 294 valence electrons. The highest BCUT2D eigenvalue weighted by Crippen LogP contribution is 2.47. The third kappa shape index (κ3) is 7.02. The molecular weight excluding hydrogens is 705 g/mol. The van der Waals surface area contributed by atoms with E-state index in [9.17, 15) is 9.90 Å². The minimum Gasteiger partial charge on any atom is -0.386 e. The average Bonchev–Trinajstić information content (AvgIpc) is 3.91. The van der Waals surface area contributed by atoms with Crippen LogP contribution < -0.4 is 0 Å². The summed E-state index contributed by atoms with van der Waals surface area (Å²) < 4.78 is 23.0. The molecule has 6 heterocycles. The molecule has 3 unspecified atom stereocenters. The van der Waals surface area contributed by atoms with Gasteiger partial charge in [-0.25, -0.2) is 0 Å². The van der Waals surface area contributed by atoms with Crippen molar-refractivity contribution in [3.63, 3.8) is 0 Å². The van der Waals surface area contributed by atoms with E-state index in [0.717, 1.165) is 106 Å². The lowest BCUT2D eigenvalue weighted by atomic mass is 9.91. The van der Waals surface area contributed by atoms with E-state index in [4.69, 9.17) is 28.5 Å². The van der Waals surface area contributed by atoms with Gasteiger partial charge < -0.3 is 23.6 Å². The van der Waals surface area contributed by atoms with Gasteiger partial charge in [-0.05, 0) is 165 Å². The number of hydrogen-bond donors (Lipinski definition) is 1. The Labute approximate surface area is 329 Å². The lowest BCUT2D eigenvalue weighted by molar-refractivity contribution is -0.0718. The third-order valence-electron chi connectivity index (χ3n) is 12.6. The van der Waals surface area contributed by atoms with Crippen LogP contribution in [0.2, 0.25) is 0 Å². The number of benzene rings is 2.